The summed E-state index contributed by atoms with van der Waals surface area (Å²) in [6.45, 7) is 7.00. The Morgan fingerprint density at radius 2 is 2.06 bits per heavy atom. The maximum absolute atomic E-state index is 6.20. The highest BCUT2D eigenvalue weighted by atomic mass is 35.5. The summed E-state index contributed by atoms with van der Waals surface area (Å²) in [4.78, 5) is 8.92. The molecule has 0 saturated heterocycles. The van der Waals surface area contributed by atoms with E-state index in [1.807, 2.05) is 17.7 Å². The average Bonchev–Trinajstić information content (AvgIpc) is 2.77. The first kappa shape index (κ1) is 13.0. The van der Waals surface area contributed by atoms with Crippen LogP contribution in [0, 0.1) is 6.92 Å². The Morgan fingerprint density at radius 3 is 2.67 bits per heavy atom. The number of hydrogen-bond donors (Lipinski definition) is 0. The molecule has 0 bridgehead atoms. The minimum absolute atomic E-state index is 0.546. The van der Waals surface area contributed by atoms with Gasteiger partial charge in [0.2, 0.25) is 0 Å². The summed E-state index contributed by atoms with van der Waals surface area (Å²) in [7, 11) is 0. The Morgan fingerprint density at radius 1 is 1.28 bits per heavy atom. The quantitative estimate of drug-likeness (QED) is 0.796. The largest absolute Gasteiger partial charge is 0.262 e. The molecule has 0 radical (unpaired) electrons. The van der Waals surface area contributed by atoms with E-state index in [0.717, 1.165) is 36.3 Å². The van der Waals surface area contributed by atoms with Gasteiger partial charge in [-0.1, -0.05) is 25.4 Å². The summed E-state index contributed by atoms with van der Waals surface area (Å²) in [5.74, 6) is 0.653. The van der Waals surface area contributed by atoms with Crippen molar-refractivity contribution >= 4 is 11.6 Å². The second kappa shape index (κ2) is 5.48. The average molecular weight is 265 g/mol. The lowest BCUT2D eigenvalue weighted by Crippen LogP contribution is -2.05. The number of aromatic nitrogens is 4. The minimum atomic E-state index is 0.546. The van der Waals surface area contributed by atoms with Crippen molar-refractivity contribution in [2.24, 2.45) is 0 Å². The fourth-order valence-electron chi connectivity index (χ4n) is 1.99. The van der Waals surface area contributed by atoms with Crippen LogP contribution in [0.5, 0.6) is 0 Å². The summed E-state index contributed by atoms with van der Waals surface area (Å²) < 4.78 is 1.91. The normalized spacial score (nSPS) is 10.9. The highest BCUT2D eigenvalue weighted by molar-refractivity contribution is 6.30. The van der Waals surface area contributed by atoms with Gasteiger partial charge in [0, 0.05) is 24.0 Å². The maximum Gasteiger partial charge on any atom is 0.179 e. The lowest BCUT2D eigenvalue weighted by Gasteiger charge is -2.09. The maximum atomic E-state index is 6.20. The third-order valence-electron chi connectivity index (χ3n) is 2.90. The highest BCUT2D eigenvalue weighted by Crippen LogP contribution is 2.22. The minimum Gasteiger partial charge on any atom is -0.262 e. The Balaban J connectivity index is 2.48. The zero-order valence-corrected chi connectivity index (χ0v) is 11.7. The van der Waals surface area contributed by atoms with Gasteiger partial charge in [0.05, 0.1) is 0 Å². The molecule has 0 fully saturated rings. The SMILES string of the molecule is CCCn1nccc1-c1nc(C)c(CC)c(Cl)n1. The first-order valence-corrected chi connectivity index (χ1v) is 6.60. The summed E-state index contributed by atoms with van der Waals surface area (Å²) in [5, 5.41) is 4.82. The van der Waals surface area contributed by atoms with Crippen molar-refractivity contribution in [2.75, 3.05) is 0 Å². The first-order chi connectivity index (χ1) is 8.67. The van der Waals surface area contributed by atoms with Crippen molar-refractivity contribution in [1.29, 1.82) is 0 Å². The van der Waals surface area contributed by atoms with Gasteiger partial charge < -0.3 is 0 Å². The molecule has 96 valence electrons. The molecule has 0 aliphatic rings. The molecule has 2 heterocycles. The lowest BCUT2D eigenvalue weighted by atomic mass is 10.2. The van der Waals surface area contributed by atoms with Crippen LogP contribution in [0.3, 0.4) is 0 Å². The fourth-order valence-corrected chi connectivity index (χ4v) is 2.34. The Labute approximate surface area is 112 Å². The predicted molar refractivity (Wildman–Crippen MR) is 72.7 cm³/mol. The molecule has 0 aromatic carbocycles. The number of nitrogens with zero attached hydrogens (tertiary/aromatic N) is 4. The van der Waals surface area contributed by atoms with E-state index < -0.39 is 0 Å². The number of rotatable bonds is 4. The second-order valence-electron chi connectivity index (χ2n) is 4.20. The van der Waals surface area contributed by atoms with Crippen molar-refractivity contribution in [1.82, 2.24) is 19.7 Å². The van der Waals surface area contributed by atoms with E-state index in [2.05, 4.69) is 28.9 Å². The molecule has 5 heteroatoms. The van der Waals surface area contributed by atoms with Crippen molar-refractivity contribution in [2.45, 2.75) is 40.2 Å². The van der Waals surface area contributed by atoms with Crippen molar-refractivity contribution in [3.63, 3.8) is 0 Å². The zero-order valence-electron chi connectivity index (χ0n) is 10.9. The smallest absolute Gasteiger partial charge is 0.179 e. The third-order valence-corrected chi connectivity index (χ3v) is 3.21. The van der Waals surface area contributed by atoms with E-state index in [1.54, 1.807) is 6.20 Å². The number of aryl methyl sites for hydroxylation is 2. The molecule has 0 aliphatic heterocycles. The molecule has 0 N–H and O–H groups in total. The Kier molecular flexibility index (Phi) is 3.97. The molecule has 2 rings (SSSR count). The first-order valence-electron chi connectivity index (χ1n) is 6.22. The van der Waals surface area contributed by atoms with Crippen LogP contribution < -0.4 is 0 Å². The number of hydrogen-bond acceptors (Lipinski definition) is 3. The van der Waals surface area contributed by atoms with Crippen molar-refractivity contribution < 1.29 is 0 Å². The summed E-state index contributed by atoms with van der Waals surface area (Å²) in [6, 6.07) is 1.92. The topological polar surface area (TPSA) is 43.6 Å². The fraction of sp³-hybridized carbons (Fsp3) is 0.462. The molecule has 0 aliphatic carbocycles. The summed E-state index contributed by atoms with van der Waals surface area (Å²) in [5.41, 5.74) is 2.88. The van der Waals surface area contributed by atoms with Gasteiger partial charge in [-0.25, -0.2) is 9.97 Å². The van der Waals surface area contributed by atoms with Gasteiger partial charge in [-0.2, -0.15) is 5.10 Å². The zero-order chi connectivity index (χ0) is 13.1. The van der Waals surface area contributed by atoms with Crippen molar-refractivity contribution in [3.05, 3.63) is 28.7 Å². The van der Waals surface area contributed by atoms with Gasteiger partial charge in [-0.3, -0.25) is 4.68 Å². The van der Waals surface area contributed by atoms with Gasteiger partial charge in [-0.05, 0) is 25.8 Å². The molecule has 0 spiro atoms. The van der Waals surface area contributed by atoms with Crippen LogP contribution in [0.15, 0.2) is 12.3 Å². The van der Waals surface area contributed by atoms with Gasteiger partial charge in [0.1, 0.15) is 10.8 Å². The molecule has 2 aromatic rings. The van der Waals surface area contributed by atoms with Crippen LogP contribution >= 0.6 is 11.6 Å². The van der Waals surface area contributed by atoms with Crippen LogP contribution in [-0.4, -0.2) is 19.7 Å². The summed E-state index contributed by atoms with van der Waals surface area (Å²) >= 11 is 6.20. The third kappa shape index (κ3) is 2.38. The molecule has 2 aromatic heterocycles. The van der Waals surface area contributed by atoms with Gasteiger partial charge in [-0.15, -0.1) is 0 Å². The standard InChI is InChI=1S/C13H17ClN4/c1-4-8-18-11(6-7-15-18)13-16-9(3)10(5-2)12(14)17-13/h6-7H,4-5,8H2,1-3H3. The van der Waals surface area contributed by atoms with E-state index in [-0.39, 0.29) is 0 Å². The van der Waals surface area contributed by atoms with E-state index >= 15 is 0 Å². The van der Waals surface area contributed by atoms with Crippen LogP contribution in [0.1, 0.15) is 31.5 Å². The van der Waals surface area contributed by atoms with E-state index in [4.69, 9.17) is 11.6 Å². The molecular formula is C13H17ClN4. The molecule has 0 unspecified atom stereocenters. The van der Waals surface area contributed by atoms with Crippen molar-refractivity contribution in [3.8, 4) is 11.5 Å². The Bertz CT molecular complexity index is 525. The van der Waals surface area contributed by atoms with Gasteiger partial charge in [0.25, 0.3) is 0 Å². The monoisotopic (exact) mass is 264 g/mol. The van der Waals surface area contributed by atoms with Crippen LogP contribution in [0.25, 0.3) is 11.5 Å². The molecular weight excluding hydrogens is 248 g/mol. The van der Waals surface area contributed by atoms with E-state index in [0.29, 0.717) is 11.0 Å². The second-order valence-corrected chi connectivity index (χ2v) is 4.55. The summed E-state index contributed by atoms with van der Waals surface area (Å²) in [6.07, 6.45) is 3.64. The lowest BCUT2D eigenvalue weighted by molar-refractivity contribution is 0.606. The predicted octanol–water partition coefficient (Wildman–Crippen LogP) is 3.27. The van der Waals surface area contributed by atoms with E-state index in [9.17, 15) is 0 Å². The number of halogens is 1. The molecule has 0 atom stereocenters. The van der Waals surface area contributed by atoms with Crippen LogP contribution in [-0.2, 0) is 13.0 Å². The van der Waals surface area contributed by atoms with Gasteiger partial charge in [0.15, 0.2) is 5.82 Å². The van der Waals surface area contributed by atoms with Crippen LogP contribution in [0.2, 0.25) is 5.15 Å². The van der Waals surface area contributed by atoms with Crippen LogP contribution in [0.4, 0.5) is 0 Å². The van der Waals surface area contributed by atoms with E-state index in [1.165, 1.54) is 0 Å². The van der Waals surface area contributed by atoms with Gasteiger partial charge >= 0.3 is 0 Å². The molecule has 0 saturated carbocycles. The highest BCUT2D eigenvalue weighted by Gasteiger charge is 2.13. The Hall–Kier alpha value is -1.42. The molecule has 4 nitrogen and oxygen atoms in total. The molecule has 18 heavy (non-hydrogen) atoms. The molecule has 0 amide bonds.